The van der Waals surface area contributed by atoms with E-state index in [-0.39, 0.29) is 40.8 Å². The lowest BCUT2D eigenvalue weighted by Gasteiger charge is -2.13. The van der Waals surface area contributed by atoms with Gasteiger partial charge >= 0.3 is 12.1 Å². The second-order valence-corrected chi connectivity index (χ2v) is 10.3. The highest BCUT2D eigenvalue weighted by atomic mass is 32.2. The van der Waals surface area contributed by atoms with Crippen molar-refractivity contribution in [3.05, 3.63) is 58.7 Å². The van der Waals surface area contributed by atoms with E-state index in [0.717, 1.165) is 31.9 Å². The van der Waals surface area contributed by atoms with Gasteiger partial charge in [0.25, 0.3) is 10.0 Å². The van der Waals surface area contributed by atoms with Crippen molar-refractivity contribution in [2.24, 2.45) is 0 Å². The van der Waals surface area contributed by atoms with Gasteiger partial charge in [-0.3, -0.25) is 4.79 Å². The van der Waals surface area contributed by atoms with Gasteiger partial charge in [0.05, 0.1) is 31.2 Å². The quantitative estimate of drug-likeness (QED) is 0.407. The van der Waals surface area contributed by atoms with Crippen LogP contribution in [0.25, 0.3) is 21.1 Å². The van der Waals surface area contributed by atoms with Crippen LogP contribution >= 0.6 is 11.3 Å². The molecule has 2 aromatic carbocycles. The van der Waals surface area contributed by atoms with Crippen LogP contribution in [-0.4, -0.2) is 28.5 Å². The molecule has 0 bridgehead atoms. The highest BCUT2D eigenvalue weighted by molar-refractivity contribution is 7.90. The van der Waals surface area contributed by atoms with Gasteiger partial charge in [0, 0.05) is 17.5 Å². The zero-order valence-electron chi connectivity index (χ0n) is 16.7. The molecule has 0 radical (unpaired) electrons. The first kappa shape index (κ1) is 22.3. The van der Waals surface area contributed by atoms with Crippen LogP contribution in [0.2, 0.25) is 0 Å². The second-order valence-electron chi connectivity index (χ2n) is 7.29. The number of nitrogens with zero attached hydrogens (tertiary/aromatic N) is 2. The van der Waals surface area contributed by atoms with Crippen molar-refractivity contribution < 1.29 is 31.5 Å². The fourth-order valence-electron chi connectivity index (χ4n) is 3.59. The Balaban J connectivity index is 1.89. The molecule has 0 spiro atoms. The maximum absolute atomic E-state index is 13.6. The molecule has 0 unspecified atom stereocenters. The number of halogens is 3. The summed E-state index contributed by atoms with van der Waals surface area (Å²) in [5.74, 6) is -1.04. The monoisotopic (exact) mass is 482 g/mol. The molecule has 0 amide bonds. The van der Waals surface area contributed by atoms with Crippen LogP contribution in [0.15, 0.2) is 47.4 Å². The van der Waals surface area contributed by atoms with E-state index in [1.165, 1.54) is 29.5 Å². The SMILES string of the molecule is Cc1nc2cc(S(=O)(=O)n3c(CCCC(=O)O)cc4cc(C(F)(F)F)ccc43)ccc2s1. The molecule has 0 saturated carbocycles. The van der Waals surface area contributed by atoms with E-state index in [4.69, 9.17) is 5.11 Å². The molecule has 0 atom stereocenters. The predicted molar refractivity (Wildman–Crippen MR) is 114 cm³/mol. The average Bonchev–Trinajstić information content (AvgIpc) is 3.24. The Hall–Kier alpha value is -2.92. The van der Waals surface area contributed by atoms with E-state index in [2.05, 4.69) is 4.98 Å². The van der Waals surface area contributed by atoms with Crippen molar-refractivity contribution in [1.29, 1.82) is 0 Å². The molecule has 0 saturated heterocycles. The van der Waals surface area contributed by atoms with E-state index >= 15 is 0 Å². The molecule has 1 N–H and O–H groups in total. The fourth-order valence-corrected chi connectivity index (χ4v) is 5.99. The number of benzene rings is 2. The summed E-state index contributed by atoms with van der Waals surface area (Å²) in [7, 11) is -4.18. The van der Waals surface area contributed by atoms with Gasteiger partial charge in [-0.15, -0.1) is 11.3 Å². The summed E-state index contributed by atoms with van der Waals surface area (Å²) < 4.78 is 68.4. The molecule has 0 fully saturated rings. The van der Waals surface area contributed by atoms with E-state index in [9.17, 15) is 26.4 Å². The number of fused-ring (bicyclic) bond motifs is 2. The van der Waals surface area contributed by atoms with Crippen LogP contribution in [0.4, 0.5) is 13.2 Å². The maximum Gasteiger partial charge on any atom is 0.416 e. The standard InChI is InChI=1S/C21H17F3N2O4S2/c1-12-25-17-11-16(6-8-19(17)31-12)32(29,30)26-15(3-2-4-20(27)28)10-13-9-14(21(22,23)24)5-7-18(13)26/h5-11H,2-4H2,1H3,(H,27,28). The van der Waals surface area contributed by atoms with Gasteiger partial charge in [-0.1, -0.05) is 0 Å². The number of aromatic nitrogens is 2. The van der Waals surface area contributed by atoms with E-state index in [1.807, 2.05) is 0 Å². The lowest BCUT2D eigenvalue weighted by Crippen LogP contribution is -2.16. The topological polar surface area (TPSA) is 89.3 Å². The van der Waals surface area contributed by atoms with Crippen LogP contribution in [0.1, 0.15) is 29.1 Å². The van der Waals surface area contributed by atoms with Gasteiger partial charge < -0.3 is 5.11 Å². The Bertz CT molecular complexity index is 1450. The Morgan fingerprint density at radius 1 is 1.16 bits per heavy atom. The van der Waals surface area contributed by atoms with Crippen LogP contribution in [0.3, 0.4) is 0 Å². The van der Waals surface area contributed by atoms with E-state index in [1.54, 1.807) is 13.0 Å². The van der Waals surface area contributed by atoms with Crippen molar-refractivity contribution in [1.82, 2.24) is 8.96 Å². The summed E-state index contributed by atoms with van der Waals surface area (Å²) in [6, 6.07) is 8.75. The minimum atomic E-state index is -4.58. The van der Waals surface area contributed by atoms with Gasteiger partial charge in [-0.25, -0.2) is 17.4 Å². The number of carboxylic acid groups (broad SMARTS) is 1. The van der Waals surface area contributed by atoms with Crippen molar-refractivity contribution in [3.8, 4) is 0 Å². The molecule has 4 aromatic rings. The van der Waals surface area contributed by atoms with Crippen LogP contribution in [-0.2, 0) is 27.4 Å². The molecule has 0 aliphatic rings. The van der Waals surface area contributed by atoms with Crippen LogP contribution in [0.5, 0.6) is 0 Å². The molecular weight excluding hydrogens is 465 g/mol. The second kappa shape index (κ2) is 7.89. The van der Waals surface area contributed by atoms with Crippen LogP contribution in [0, 0.1) is 6.92 Å². The Kier molecular flexibility index (Phi) is 5.49. The lowest BCUT2D eigenvalue weighted by molar-refractivity contribution is -0.138. The molecule has 0 aliphatic heterocycles. The Morgan fingerprint density at radius 3 is 2.59 bits per heavy atom. The first-order valence-electron chi connectivity index (χ1n) is 9.53. The number of hydrogen-bond acceptors (Lipinski definition) is 5. The number of alkyl halides is 3. The van der Waals surface area contributed by atoms with E-state index < -0.39 is 27.7 Å². The molecule has 32 heavy (non-hydrogen) atoms. The third-order valence-electron chi connectivity index (χ3n) is 4.98. The lowest BCUT2D eigenvalue weighted by atomic mass is 10.1. The van der Waals surface area contributed by atoms with Crippen LogP contribution < -0.4 is 0 Å². The first-order chi connectivity index (χ1) is 15.0. The highest BCUT2D eigenvalue weighted by Gasteiger charge is 2.32. The van der Waals surface area contributed by atoms with Gasteiger partial charge in [0.1, 0.15) is 0 Å². The van der Waals surface area contributed by atoms with E-state index in [0.29, 0.717) is 5.52 Å². The molecule has 6 nitrogen and oxygen atoms in total. The summed E-state index contributed by atoms with van der Waals surface area (Å²) >= 11 is 1.42. The molecule has 4 rings (SSSR count). The fraction of sp³-hybridized carbons (Fsp3) is 0.238. The number of aliphatic carboxylic acids is 1. The summed E-state index contributed by atoms with van der Waals surface area (Å²) in [6.45, 7) is 1.80. The molecule has 2 aromatic heterocycles. The minimum Gasteiger partial charge on any atom is -0.481 e. The number of thiazole rings is 1. The molecule has 168 valence electrons. The average molecular weight is 483 g/mol. The van der Waals surface area contributed by atoms with Crippen molar-refractivity contribution in [3.63, 3.8) is 0 Å². The van der Waals surface area contributed by atoms with Crippen molar-refractivity contribution in [2.75, 3.05) is 0 Å². The summed E-state index contributed by atoms with van der Waals surface area (Å²) in [6.07, 6.45) is -4.57. The minimum absolute atomic E-state index is 0.0489. The molecule has 11 heteroatoms. The summed E-state index contributed by atoms with van der Waals surface area (Å²) in [5, 5.41) is 9.79. The van der Waals surface area contributed by atoms with Crippen molar-refractivity contribution in [2.45, 2.75) is 37.3 Å². The largest absolute Gasteiger partial charge is 0.481 e. The number of rotatable bonds is 6. The third kappa shape index (κ3) is 4.09. The number of aryl methyl sites for hydroxylation is 2. The number of carbonyl (C=O) groups is 1. The van der Waals surface area contributed by atoms with Gasteiger partial charge in [-0.2, -0.15) is 13.2 Å². The van der Waals surface area contributed by atoms with Crippen molar-refractivity contribution >= 4 is 48.4 Å². The molecular formula is C21H17F3N2O4S2. The highest BCUT2D eigenvalue weighted by Crippen LogP contribution is 2.34. The van der Waals surface area contributed by atoms with Gasteiger partial charge in [0.15, 0.2) is 0 Å². The predicted octanol–water partition coefficient (Wildman–Crippen LogP) is 5.22. The third-order valence-corrected chi connectivity index (χ3v) is 7.70. The zero-order valence-corrected chi connectivity index (χ0v) is 18.3. The molecule has 0 aliphatic carbocycles. The van der Waals surface area contributed by atoms with Gasteiger partial charge in [0.2, 0.25) is 0 Å². The number of hydrogen-bond donors (Lipinski definition) is 1. The smallest absolute Gasteiger partial charge is 0.416 e. The van der Waals surface area contributed by atoms with Gasteiger partial charge in [-0.05, 0) is 62.2 Å². The maximum atomic E-state index is 13.6. The zero-order chi connectivity index (χ0) is 23.3. The summed E-state index contributed by atoms with van der Waals surface area (Å²) in [4.78, 5) is 15.2. The normalized spacial score (nSPS) is 12.6. The number of carboxylic acids is 1. The Morgan fingerprint density at radius 2 is 1.91 bits per heavy atom. The summed E-state index contributed by atoms with van der Waals surface area (Å²) in [5.41, 5.74) is -0.0687. The first-order valence-corrected chi connectivity index (χ1v) is 11.8. The Labute approximate surface area is 185 Å². The molecule has 2 heterocycles.